The van der Waals surface area contributed by atoms with Crippen molar-refractivity contribution < 1.29 is 4.74 Å². The average Bonchev–Trinajstić information content (AvgIpc) is 2.33. The molecule has 0 unspecified atom stereocenters. The molecule has 0 heterocycles. The lowest BCUT2D eigenvalue weighted by atomic mass is 9.91. The van der Waals surface area contributed by atoms with Gasteiger partial charge in [-0.3, -0.25) is 0 Å². The first-order valence-corrected chi connectivity index (χ1v) is 6.38. The van der Waals surface area contributed by atoms with Crippen LogP contribution in [0.2, 0.25) is 0 Å². The second kappa shape index (κ2) is 6.03. The molecule has 1 saturated carbocycles. The second-order valence-electron chi connectivity index (χ2n) is 4.89. The Morgan fingerprint density at radius 2 is 2.06 bits per heavy atom. The van der Waals surface area contributed by atoms with Crippen LogP contribution >= 0.6 is 0 Å². The number of nitrogens with two attached hydrogens (primary N) is 1. The normalized spacial score (nSPS) is 24.6. The van der Waals surface area contributed by atoms with Crippen LogP contribution in [-0.2, 0) is 11.3 Å². The Morgan fingerprint density at radius 1 is 1.29 bits per heavy atom. The van der Waals surface area contributed by atoms with E-state index in [-0.39, 0.29) is 0 Å². The van der Waals surface area contributed by atoms with Crippen molar-refractivity contribution in [1.82, 2.24) is 0 Å². The van der Waals surface area contributed by atoms with E-state index < -0.39 is 0 Å². The number of hydrogen-bond acceptors (Lipinski definition) is 3. The third-order valence-electron chi connectivity index (χ3n) is 3.38. The van der Waals surface area contributed by atoms with Gasteiger partial charge in [0.25, 0.3) is 0 Å². The standard InChI is InChI=1S/C14H22N2O/c1-17-10-11-3-2-4-14(9-11)16-13-7-5-12(15)6-8-13/h2-4,9,12-13,16H,5-8,10,15H2,1H3. The molecule has 3 N–H and O–H groups in total. The molecule has 3 nitrogen and oxygen atoms in total. The van der Waals surface area contributed by atoms with Gasteiger partial charge in [-0.15, -0.1) is 0 Å². The van der Waals surface area contributed by atoms with Crippen molar-refractivity contribution in [3.05, 3.63) is 29.8 Å². The van der Waals surface area contributed by atoms with E-state index in [1.807, 2.05) is 0 Å². The van der Waals surface area contributed by atoms with Crippen LogP contribution in [0.25, 0.3) is 0 Å². The Kier molecular flexibility index (Phi) is 4.40. The van der Waals surface area contributed by atoms with Gasteiger partial charge in [0.15, 0.2) is 0 Å². The quantitative estimate of drug-likeness (QED) is 0.841. The maximum atomic E-state index is 5.91. The van der Waals surface area contributed by atoms with E-state index in [1.165, 1.54) is 24.1 Å². The third-order valence-corrected chi connectivity index (χ3v) is 3.38. The lowest BCUT2D eigenvalue weighted by molar-refractivity contribution is 0.185. The second-order valence-corrected chi connectivity index (χ2v) is 4.89. The summed E-state index contributed by atoms with van der Waals surface area (Å²) >= 11 is 0. The summed E-state index contributed by atoms with van der Waals surface area (Å²) < 4.78 is 5.14. The first-order chi connectivity index (χ1) is 8.28. The molecule has 0 atom stereocenters. The maximum absolute atomic E-state index is 5.91. The molecule has 0 saturated heterocycles. The summed E-state index contributed by atoms with van der Waals surface area (Å²) in [5.41, 5.74) is 8.32. The highest BCUT2D eigenvalue weighted by atomic mass is 16.5. The highest BCUT2D eigenvalue weighted by molar-refractivity contribution is 5.46. The van der Waals surface area contributed by atoms with E-state index in [9.17, 15) is 0 Å². The van der Waals surface area contributed by atoms with E-state index in [0.29, 0.717) is 18.7 Å². The zero-order chi connectivity index (χ0) is 12.1. The van der Waals surface area contributed by atoms with Gasteiger partial charge in [-0.05, 0) is 43.4 Å². The van der Waals surface area contributed by atoms with Crippen LogP contribution in [0, 0.1) is 0 Å². The van der Waals surface area contributed by atoms with E-state index in [4.69, 9.17) is 10.5 Å². The molecule has 0 spiro atoms. The van der Waals surface area contributed by atoms with Crippen LogP contribution in [0.3, 0.4) is 0 Å². The van der Waals surface area contributed by atoms with Gasteiger partial charge >= 0.3 is 0 Å². The summed E-state index contributed by atoms with van der Waals surface area (Å²) in [5, 5.41) is 3.59. The summed E-state index contributed by atoms with van der Waals surface area (Å²) in [4.78, 5) is 0. The van der Waals surface area contributed by atoms with Gasteiger partial charge < -0.3 is 15.8 Å². The van der Waals surface area contributed by atoms with E-state index in [2.05, 4.69) is 29.6 Å². The minimum Gasteiger partial charge on any atom is -0.382 e. The van der Waals surface area contributed by atoms with Crippen molar-refractivity contribution in [1.29, 1.82) is 0 Å². The molecule has 0 bridgehead atoms. The van der Waals surface area contributed by atoms with Crippen molar-refractivity contribution >= 4 is 5.69 Å². The molecule has 1 fully saturated rings. The Hall–Kier alpha value is -1.06. The van der Waals surface area contributed by atoms with Crippen molar-refractivity contribution in [3.8, 4) is 0 Å². The third kappa shape index (κ3) is 3.72. The molecule has 94 valence electrons. The number of hydrogen-bond donors (Lipinski definition) is 2. The molecule has 0 amide bonds. The monoisotopic (exact) mass is 234 g/mol. The molecular formula is C14H22N2O. The summed E-state index contributed by atoms with van der Waals surface area (Å²) in [7, 11) is 1.72. The van der Waals surface area contributed by atoms with Crippen LogP contribution in [0.15, 0.2) is 24.3 Å². The fourth-order valence-electron chi connectivity index (χ4n) is 2.42. The number of methoxy groups -OCH3 is 1. The van der Waals surface area contributed by atoms with Crippen molar-refractivity contribution in [2.45, 2.75) is 44.4 Å². The summed E-state index contributed by atoms with van der Waals surface area (Å²) in [6.07, 6.45) is 4.62. The van der Waals surface area contributed by atoms with E-state index in [1.54, 1.807) is 7.11 Å². The molecule has 0 aliphatic heterocycles. The first-order valence-electron chi connectivity index (χ1n) is 6.38. The number of rotatable bonds is 4. The van der Waals surface area contributed by atoms with Crippen LogP contribution in [0.4, 0.5) is 5.69 Å². The molecule has 1 aromatic carbocycles. The van der Waals surface area contributed by atoms with Crippen LogP contribution < -0.4 is 11.1 Å². The van der Waals surface area contributed by atoms with Crippen molar-refractivity contribution in [2.24, 2.45) is 5.73 Å². The topological polar surface area (TPSA) is 47.3 Å². The minimum absolute atomic E-state index is 0.410. The maximum Gasteiger partial charge on any atom is 0.0713 e. The SMILES string of the molecule is COCc1cccc(NC2CCC(N)CC2)c1. The number of ether oxygens (including phenoxy) is 1. The number of anilines is 1. The van der Waals surface area contributed by atoms with Gasteiger partial charge in [0.1, 0.15) is 0 Å². The van der Waals surface area contributed by atoms with E-state index >= 15 is 0 Å². The van der Waals surface area contributed by atoms with Crippen LogP contribution in [-0.4, -0.2) is 19.2 Å². The molecule has 1 aliphatic rings. The van der Waals surface area contributed by atoms with Gasteiger partial charge in [-0.1, -0.05) is 12.1 Å². The van der Waals surface area contributed by atoms with Crippen molar-refractivity contribution in [3.63, 3.8) is 0 Å². The summed E-state index contributed by atoms with van der Waals surface area (Å²) in [6, 6.07) is 9.43. The molecular weight excluding hydrogens is 212 g/mol. The Bertz CT molecular complexity index is 346. The van der Waals surface area contributed by atoms with Gasteiger partial charge in [-0.25, -0.2) is 0 Å². The smallest absolute Gasteiger partial charge is 0.0713 e. The van der Waals surface area contributed by atoms with Gasteiger partial charge in [0.2, 0.25) is 0 Å². The lowest BCUT2D eigenvalue weighted by Gasteiger charge is -2.27. The zero-order valence-corrected chi connectivity index (χ0v) is 10.5. The molecule has 17 heavy (non-hydrogen) atoms. The van der Waals surface area contributed by atoms with Crippen molar-refractivity contribution in [2.75, 3.05) is 12.4 Å². The Labute approximate surface area is 103 Å². The summed E-state index contributed by atoms with van der Waals surface area (Å²) in [6.45, 7) is 0.672. The Balaban J connectivity index is 1.91. The molecule has 0 radical (unpaired) electrons. The number of benzene rings is 1. The fraction of sp³-hybridized carbons (Fsp3) is 0.571. The predicted octanol–water partition coefficient (Wildman–Crippen LogP) is 2.51. The molecule has 1 aliphatic carbocycles. The number of nitrogens with one attached hydrogen (secondary N) is 1. The van der Waals surface area contributed by atoms with E-state index in [0.717, 1.165) is 12.8 Å². The van der Waals surface area contributed by atoms with Crippen LogP contribution in [0.5, 0.6) is 0 Å². The summed E-state index contributed by atoms with van der Waals surface area (Å²) in [5.74, 6) is 0. The minimum atomic E-state index is 0.410. The largest absolute Gasteiger partial charge is 0.382 e. The highest BCUT2D eigenvalue weighted by Crippen LogP contribution is 2.21. The lowest BCUT2D eigenvalue weighted by Crippen LogP contribution is -2.32. The molecule has 2 rings (SSSR count). The first kappa shape index (κ1) is 12.4. The van der Waals surface area contributed by atoms with Gasteiger partial charge in [0, 0.05) is 24.9 Å². The average molecular weight is 234 g/mol. The Morgan fingerprint density at radius 3 is 2.76 bits per heavy atom. The highest BCUT2D eigenvalue weighted by Gasteiger charge is 2.17. The molecule has 0 aromatic heterocycles. The zero-order valence-electron chi connectivity index (χ0n) is 10.5. The predicted molar refractivity (Wildman–Crippen MR) is 71.0 cm³/mol. The van der Waals surface area contributed by atoms with Gasteiger partial charge in [-0.2, -0.15) is 0 Å². The van der Waals surface area contributed by atoms with Gasteiger partial charge in [0.05, 0.1) is 6.61 Å². The van der Waals surface area contributed by atoms with Crippen LogP contribution in [0.1, 0.15) is 31.2 Å². The fourth-order valence-corrected chi connectivity index (χ4v) is 2.42. The molecule has 1 aromatic rings. The molecule has 3 heteroatoms.